The lowest BCUT2D eigenvalue weighted by Gasteiger charge is -2.59. The lowest BCUT2D eigenvalue weighted by atomic mass is 9.46. The first-order valence-corrected chi connectivity index (χ1v) is 13.1. The van der Waals surface area contributed by atoms with Crippen molar-refractivity contribution in [1.82, 2.24) is 0 Å². The van der Waals surface area contributed by atoms with Gasteiger partial charge < -0.3 is 5.11 Å². The number of hydrogen-bond donors (Lipinski definition) is 1. The van der Waals surface area contributed by atoms with Gasteiger partial charge in [0, 0.05) is 0 Å². The minimum absolute atomic E-state index is 0.0491. The summed E-state index contributed by atoms with van der Waals surface area (Å²) in [6.07, 6.45) is 13.9. The highest BCUT2D eigenvalue weighted by molar-refractivity contribution is 5.38. The summed E-state index contributed by atoms with van der Waals surface area (Å²) in [5.74, 6) is 2.99. The zero-order chi connectivity index (χ0) is 21.9. The molecule has 0 radical (unpaired) electrons. The lowest BCUT2D eigenvalue weighted by molar-refractivity contribution is -0.00485. The van der Waals surface area contributed by atoms with E-state index in [1.54, 1.807) is 0 Å². The van der Waals surface area contributed by atoms with Crippen molar-refractivity contribution < 1.29 is 5.11 Å². The Labute approximate surface area is 186 Å². The van der Waals surface area contributed by atoms with Gasteiger partial charge in [0.2, 0.25) is 0 Å². The summed E-state index contributed by atoms with van der Waals surface area (Å²) in [5.41, 5.74) is 6.41. The van der Waals surface area contributed by atoms with Crippen molar-refractivity contribution in [2.24, 2.45) is 39.9 Å². The number of aliphatic hydroxyl groups excluding tert-OH is 1. The summed E-state index contributed by atoms with van der Waals surface area (Å²) in [7, 11) is 0. The van der Waals surface area contributed by atoms with Crippen LogP contribution in [0.3, 0.4) is 0 Å². The van der Waals surface area contributed by atoms with E-state index in [0.29, 0.717) is 28.1 Å². The fraction of sp³-hybridized carbons (Fsp3) is 0.862. The molecule has 0 aromatic rings. The highest BCUT2D eigenvalue weighted by Gasteiger charge is 2.61. The minimum atomic E-state index is -0.0491. The van der Waals surface area contributed by atoms with Gasteiger partial charge in [-0.15, -0.1) is 0 Å². The van der Waals surface area contributed by atoms with E-state index in [9.17, 15) is 5.11 Å². The van der Waals surface area contributed by atoms with Crippen LogP contribution in [0, 0.1) is 39.9 Å². The first kappa shape index (κ1) is 22.6. The van der Waals surface area contributed by atoms with Crippen molar-refractivity contribution in [3.05, 3.63) is 23.3 Å². The Kier molecular flexibility index (Phi) is 5.87. The summed E-state index contributed by atoms with van der Waals surface area (Å²) in [5, 5.41) is 10.3. The number of hydrogen-bond acceptors (Lipinski definition) is 1. The molecule has 0 spiro atoms. The largest absolute Gasteiger partial charge is 0.393 e. The molecule has 1 nitrogen and oxygen atoms in total. The molecule has 0 aliphatic heterocycles. The molecule has 1 heteroatoms. The second-order valence-electron chi connectivity index (χ2n) is 12.8. The molecule has 4 aliphatic rings. The summed E-state index contributed by atoms with van der Waals surface area (Å²) in [6.45, 7) is 19.4. The average Bonchev–Trinajstić information content (AvgIpc) is 2.97. The normalized spacial score (nSPS) is 44.5. The van der Waals surface area contributed by atoms with Gasteiger partial charge in [-0.1, -0.05) is 64.8 Å². The second-order valence-corrected chi connectivity index (χ2v) is 12.8. The van der Waals surface area contributed by atoms with Gasteiger partial charge in [-0.2, -0.15) is 0 Å². The number of fused-ring (bicyclic) bond motifs is 4. The van der Waals surface area contributed by atoms with Crippen molar-refractivity contribution >= 4 is 0 Å². The predicted octanol–water partition coefficient (Wildman–Crippen LogP) is 8.09. The first-order valence-electron chi connectivity index (χ1n) is 13.1. The summed E-state index contributed by atoms with van der Waals surface area (Å²) >= 11 is 0. The van der Waals surface area contributed by atoms with Crippen LogP contribution in [0.1, 0.15) is 112 Å². The third kappa shape index (κ3) is 3.28. The van der Waals surface area contributed by atoms with Crippen molar-refractivity contribution in [3.63, 3.8) is 0 Å². The molecule has 7 atom stereocenters. The van der Waals surface area contributed by atoms with E-state index >= 15 is 0 Å². The van der Waals surface area contributed by atoms with Gasteiger partial charge in [-0.05, 0) is 111 Å². The van der Waals surface area contributed by atoms with Crippen LogP contribution in [-0.4, -0.2) is 11.2 Å². The quantitative estimate of drug-likeness (QED) is 0.452. The highest BCUT2D eigenvalue weighted by Crippen LogP contribution is 2.71. The first-order chi connectivity index (χ1) is 14.0. The maximum absolute atomic E-state index is 10.3. The van der Waals surface area contributed by atoms with E-state index in [-0.39, 0.29) is 6.10 Å². The Bertz CT molecular complexity index is 716. The van der Waals surface area contributed by atoms with Crippen LogP contribution in [0.15, 0.2) is 23.3 Å². The van der Waals surface area contributed by atoms with Crippen molar-refractivity contribution in [1.29, 1.82) is 0 Å². The maximum Gasteiger partial charge on any atom is 0.0543 e. The molecule has 4 rings (SSSR count). The van der Waals surface area contributed by atoms with E-state index < -0.39 is 0 Å². The molecule has 0 heterocycles. The van der Waals surface area contributed by atoms with Crippen LogP contribution in [0.5, 0.6) is 0 Å². The summed E-state index contributed by atoms with van der Waals surface area (Å²) < 4.78 is 0. The zero-order valence-corrected chi connectivity index (χ0v) is 20.8. The van der Waals surface area contributed by atoms with Gasteiger partial charge in [0.25, 0.3) is 0 Å². The van der Waals surface area contributed by atoms with Crippen LogP contribution in [0.25, 0.3) is 0 Å². The van der Waals surface area contributed by atoms with Crippen molar-refractivity contribution in [2.75, 3.05) is 0 Å². The van der Waals surface area contributed by atoms with E-state index in [2.05, 4.69) is 48.1 Å². The van der Waals surface area contributed by atoms with Gasteiger partial charge in [-0.25, -0.2) is 0 Å². The summed E-state index contributed by atoms with van der Waals surface area (Å²) in [4.78, 5) is 0. The minimum Gasteiger partial charge on any atom is -0.393 e. The van der Waals surface area contributed by atoms with Crippen LogP contribution < -0.4 is 0 Å². The van der Waals surface area contributed by atoms with E-state index in [1.165, 1.54) is 63.4 Å². The van der Waals surface area contributed by atoms with Crippen LogP contribution in [-0.2, 0) is 0 Å². The van der Waals surface area contributed by atoms with Crippen molar-refractivity contribution in [3.8, 4) is 0 Å². The summed E-state index contributed by atoms with van der Waals surface area (Å²) in [6, 6.07) is 0. The van der Waals surface area contributed by atoms with E-state index in [0.717, 1.165) is 24.7 Å². The molecule has 30 heavy (non-hydrogen) atoms. The Morgan fingerprint density at radius 3 is 2.43 bits per heavy atom. The van der Waals surface area contributed by atoms with E-state index in [4.69, 9.17) is 0 Å². The van der Waals surface area contributed by atoms with Gasteiger partial charge >= 0.3 is 0 Å². The van der Waals surface area contributed by atoms with Crippen molar-refractivity contribution in [2.45, 2.75) is 118 Å². The van der Waals surface area contributed by atoms with Crippen LogP contribution in [0.2, 0.25) is 0 Å². The molecule has 0 saturated heterocycles. The molecule has 2 saturated carbocycles. The van der Waals surface area contributed by atoms with Gasteiger partial charge in [-0.3, -0.25) is 0 Å². The van der Waals surface area contributed by atoms with Gasteiger partial charge in [0.1, 0.15) is 0 Å². The molecule has 4 aliphatic carbocycles. The maximum atomic E-state index is 10.3. The molecule has 1 N–H and O–H groups in total. The van der Waals surface area contributed by atoms with Gasteiger partial charge in [0.15, 0.2) is 0 Å². The Balaban J connectivity index is 1.59. The molecule has 0 bridgehead atoms. The van der Waals surface area contributed by atoms with E-state index in [1.807, 2.05) is 11.1 Å². The molecular formula is C29H48O. The third-order valence-electron chi connectivity index (χ3n) is 11.3. The molecule has 0 aromatic carbocycles. The topological polar surface area (TPSA) is 20.2 Å². The predicted molar refractivity (Wildman–Crippen MR) is 128 cm³/mol. The number of allylic oxidation sites excluding steroid dienone is 3. The average molecular weight is 413 g/mol. The zero-order valence-electron chi connectivity index (χ0n) is 20.8. The van der Waals surface area contributed by atoms with Crippen LogP contribution >= 0.6 is 0 Å². The molecule has 170 valence electrons. The molecule has 0 unspecified atom stereocenters. The molecular weight excluding hydrogens is 364 g/mol. The molecule has 2 fully saturated rings. The monoisotopic (exact) mass is 412 g/mol. The molecule has 0 aromatic heterocycles. The molecule has 0 amide bonds. The standard InChI is InChI=1S/C29H48O/c1-19(2)20(3)8-9-21(4)24-13-16-29(7)26-11-10-22-18-23(30)12-15-27(22,5)25(26)14-17-28(24,29)6/h19,21-24,30H,3,8-18H2,1-2,4-7H3/t21-,22-,23-,24+,27-,28+,29-/m0/s1. The fourth-order valence-electron chi connectivity index (χ4n) is 8.68. The number of aliphatic hydroxyl groups is 1. The fourth-order valence-corrected chi connectivity index (χ4v) is 8.68. The Morgan fingerprint density at radius 1 is 1.00 bits per heavy atom. The van der Waals surface area contributed by atoms with Gasteiger partial charge in [0.05, 0.1) is 6.10 Å². The van der Waals surface area contributed by atoms with Crippen LogP contribution in [0.4, 0.5) is 0 Å². The SMILES string of the molecule is C=C(CC[C@H](C)[C@H]1CC[C@@]2(C)C3=C(CC[C@]12C)[C@@]1(C)CC[C@H](O)C[C@@H]1CC3)C(C)C. The third-order valence-corrected chi connectivity index (χ3v) is 11.3. The Morgan fingerprint density at radius 2 is 1.73 bits per heavy atom. The lowest BCUT2D eigenvalue weighted by Crippen LogP contribution is -2.49. The number of rotatable bonds is 5. The smallest absolute Gasteiger partial charge is 0.0543 e. The second kappa shape index (κ2) is 7.79. The Hall–Kier alpha value is -0.560. The highest BCUT2D eigenvalue weighted by atomic mass is 16.3.